The fourth-order valence-corrected chi connectivity index (χ4v) is 1.99. The molecular formula is C10H20N2O. The first kappa shape index (κ1) is 10.5. The summed E-state index contributed by atoms with van der Waals surface area (Å²) in [7, 11) is 0. The van der Waals surface area contributed by atoms with Crippen LogP contribution in [0.3, 0.4) is 0 Å². The fourth-order valence-electron chi connectivity index (χ4n) is 1.99. The molecule has 1 aliphatic rings. The first-order valence-corrected chi connectivity index (χ1v) is 5.13. The molecule has 0 aromatic carbocycles. The molecule has 1 fully saturated rings. The first-order chi connectivity index (χ1) is 6.11. The van der Waals surface area contributed by atoms with Crippen molar-refractivity contribution >= 4 is 5.91 Å². The van der Waals surface area contributed by atoms with Crippen molar-refractivity contribution in [3.63, 3.8) is 0 Å². The van der Waals surface area contributed by atoms with E-state index in [4.69, 9.17) is 5.73 Å². The third-order valence-corrected chi connectivity index (χ3v) is 3.15. The van der Waals surface area contributed by atoms with Crippen LogP contribution in [0.4, 0.5) is 0 Å². The highest BCUT2D eigenvalue weighted by molar-refractivity contribution is 5.73. The summed E-state index contributed by atoms with van der Waals surface area (Å²) >= 11 is 0. The molecule has 0 aliphatic carbocycles. The summed E-state index contributed by atoms with van der Waals surface area (Å²) in [6.45, 7) is 6.48. The lowest BCUT2D eigenvalue weighted by Gasteiger charge is -2.37. The molecule has 1 amide bonds. The van der Waals surface area contributed by atoms with Crippen LogP contribution in [0.15, 0.2) is 0 Å². The third-order valence-electron chi connectivity index (χ3n) is 3.15. The smallest absolute Gasteiger partial charge is 0.218 e. The van der Waals surface area contributed by atoms with E-state index >= 15 is 0 Å². The van der Waals surface area contributed by atoms with E-state index in [1.165, 1.54) is 12.8 Å². The number of rotatable bonds is 3. The molecule has 3 heteroatoms. The monoisotopic (exact) mass is 184 g/mol. The molecule has 2 unspecified atom stereocenters. The highest BCUT2D eigenvalue weighted by Crippen LogP contribution is 2.22. The number of nitrogens with zero attached hydrogens (tertiary/aromatic N) is 1. The highest BCUT2D eigenvalue weighted by Gasteiger charge is 2.24. The molecule has 0 aromatic heterocycles. The van der Waals surface area contributed by atoms with Crippen LogP contribution < -0.4 is 5.73 Å². The van der Waals surface area contributed by atoms with E-state index in [-0.39, 0.29) is 5.91 Å². The molecule has 2 atom stereocenters. The number of amides is 1. The van der Waals surface area contributed by atoms with Gasteiger partial charge >= 0.3 is 0 Å². The van der Waals surface area contributed by atoms with Crippen LogP contribution in [0.2, 0.25) is 0 Å². The Labute approximate surface area is 80.3 Å². The fraction of sp³-hybridized carbons (Fsp3) is 0.900. The maximum Gasteiger partial charge on any atom is 0.218 e. The average molecular weight is 184 g/mol. The summed E-state index contributed by atoms with van der Waals surface area (Å²) < 4.78 is 0. The molecule has 0 spiro atoms. The van der Waals surface area contributed by atoms with Crippen LogP contribution in [-0.2, 0) is 4.79 Å². The van der Waals surface area contributed by atoms with Gasteiger partial charge in [-0.1, -0.05) is 6.92 Å². The van der Waals surface area contributed by atoms with Crippen molar-refractivity contribution in [3.05, 3.63) is 0 Å². The van der Waals surface area contributed by atoms with E-state index < -0.39 is 0 Å². The van der Waals surface area contributed by atoms with Gasteiger partial charge in [0.05, 0.1) is 0 Å². The Morgan fingerprint density at radius 1 is 1.54 bits per heavy atom. The van der Waals surface area contributed by atoms with Gasteiger partial charge < -0.3 is 5.73 Å². The lowest BCUT2D eigenvalue weighted by atomic mass is 9.92. The Hall–Kier alpha value is -0.570. The van der Waals surface area contributed by atoms with Crippen LogP contribution >= 0.6 is 0 Å². The zero-order valence-electron chi connectivity index (χ0n) is 8.62. The number of nitrogens with two attached hydrogens (primary N) is 1. The maximum atomic E-state index is 10.6. The Kier molecular flexibility index (Phi) is 3.72. The molecule has 3 nitrogen and oxygen atoms in total. The molecule has 0 bridgehead atoms. The van der Waals surface area contributed by atoms with Gasteiger partial charge in [0.1, 0.15) is 0 Å². The van der Waals surface area contributed by atoms with Crippen molar-refractivity contribution in [2.75, 3.05) is 13.1 Å². The molecule has 0 saturated carbocycles. The third kappa shape index (κ3) is 2.99. The van der Waals surface area contributed by atoms with Gasteiger partial charge in [-0.2, -0.15) is 0 Å². The van der Waals surface area contributed by atoms with Crippen molar-refractivity contribution in [2.24, 2.45) is 11.7 Å². The van der Waals surface area contributed by atoms with Crippen LogP contribution in [0.5, 0.6) is 0 Å². The zero-order valence-corrected chi connectivity index (χ0v) is 8.62. The van der Waals surface area contributed by atoms with Gasteiger partial charge in [0.2, 0.25) is 5.91 Å². The molecule has 76 valence electrons. The number of piperidine rings is 1. The minimum Gasteiger partial charge on any atom is -0.370 e. The van der Waals surface area contributed by atoms with Crippen LogP contribution in [0, 0.1) is 5.92 Å². The normalized spacial score (nSPS) is 30.3. The molecule has 13 heavy (non-hydrogen) atoms. The molecule has 2 N–H and O–H groups in total. The topological polar surface area (TPSA) is 46.3 Å². The van der Waals surface area contributed by atoms with E-state index in [2.05, 4.69) is 18.7 Å². The minimum absolute atomic E-state index is 0.189. The van der Waals surface area contributed by atoms with E-state index in [0.29, 0.717) is 12.5 Å². The van der Waals surface area contributed by atoms with Gasteiger partial charge in [0.15, 0.2) is 0 Å². The van der Waals surface area contributed by atoms with Gasteiger partial charge in [0, 0.05) is 19.0 Å². The van der Waals surface area contributed by atoms with Crippen LogP contribution in [-0.4, -0.2) is 29.9 Å². The lowest BCUT2D eigenvalue weighted by molar-refractivity contribution is -0.118. The second-order valence-electron chi connectivity index (χ2n) is 4.11. The molecule has 1 rings (SSSR count). The zero-order chi connectivity index (χ0) is 9.84. The molecule has 0 radical (unpaired) electrons. The van der Waals surface area contributed by atoms with E-state index in [9.17, 15) is 4.79 Å². The van der Waals surface area contributed by atoms with E-state index in [0.717, 1.165) is 19.0 Å². The highest BCUT2D eigenvalue weighted by atomic mass is 16.1. The number of carbonyl (C=O) groups excluding carboxylic acids is 1. The Morgan fingerprint density at radius 3 is 2.85 bits per heavy atom. The Bertz CT molecular complexity index is 182. The summed E-state index contributed by atoms with van der Waals surface area (Å²) in [5.41, 5.74) is 5.12. The van der Waals surface area contributed by atoms with Gasteiger partial charge in [-0.15, -0.1) is 0 Å². The number of hydrogen-bond acceptors (Lipinski definition) is 2. The first-order valence-electron chi connectivity index (χ1n) is 5.13. The second-order valence-corrected chi connectivity index (χ2v) is 4.11. The molecular weight excluding hydrogens is 164 g/mol. The lowest BCUT2D eigenvalue weighted by Crippen LogP contribution is -2.43. The quantitative estimate of drug-likeness (QED) is 0.710. The maximum absolute atomic E-state index is 10.6. The SMILES string of the molecule is CC1CCCN(CCC(N)=O)C1C. The molecule has 1 aliphatic heterocycles. The number of primary amides is 1. The van der Waals surface area contributed by atoms with Gasteiger partial charge in [-0.25, -0.2) is 0 Å². The van der Waals surface area contributed by atoms with Crippen LogP contribution in [0.25, 0.3) is 0 Å². The largest absolute Gasteiger partial charge is 0.370 e. The number of hydrogen-bond donors (Lipinski definition) is 1. The second kappa shape index (κ2) is 4.61. The summed E-state index contributed by atoms with van der Waals surface area (Å²) in [6, 6.07) is 0.605. The average Bonchev–Trinajstić information content (AvgIpc) is 2.07. The summed E-state index contributed by atoms with van der Waals surface area (Å²) in [4.78, 5) is 13.0. The summed E-state index contributed by atoms with van der Waals surface area (Å²) in [5.74, 6) is 0.562. The van der Waals surface area contributed by atoms with Crippen molar-refractivity contribution in [1.82, 2.24) is 4.90 Å². The van der Waals surface area contributed by atoms with Gasteiger partial charge in [-0.05, 0) is 32.2 Å². The van der Waals surface area contributed by atoms with E-state index in [1.54, 1.807) is 0 Å². The van der Waals surface area contributed by atoms with Gasteiger partial charge in [-0.3, -0.25) is 9.69 Å². The van der Waals surface area contributed by atoms with Crippen LogP contribution in [0.1, 0.15) is 33.1 Å². The van der Waals surface area contributed by atoms with Crippen molar-refractivity contribution in [2.45, 2.75) is 39.2 Å². The Morgan fingerprint density at radius 2 is 2.23 bits per heavy atom. The standard InChI is InChI=1S/C10H20N2O/c1-8-4-3-6-12(9(8)2)7-5-10(11)13/h8-9H,3-7H2,1-2H3,(H2,11,13). The van der Waals surface area contributed by atoms with Crippen molar-refractivity contribution < 1.29 is 4.79 Å². The van der Waals surface area contributed by atoms with Crippen molar-refractivity contribution in [3.8, 4) is 0 Å². The molecule has 1 saturated heterocycles. The van der Waals surface area contributed by atoms with Gasteiger partial charge in [0.25, 0.3) is 0 Å². The predicted octanol–water partition coefficient (Wildman–Crippen LogP) is 0.982. The summed E-state index contributed by atoms with van der Waals surface area (Å²) in [6.07, 6.45) is 3.07. The Balaban J connectivity index is 2.35. The number of carbonyl (C=O) groups is 1. The van der Waals surface area contributed by atoms with Crippen molar-refractivity contribution in [1.29, 1.82) is 0 Å². The molecule has 0 aromatic rings. The minimum atomic E-state index is -0.189. The summed E-state index contributed by atoms with van der Waals surface area (Å²) in [5, 5.41) is 0. The molecule has 1 heterocycles. The predicted molar refractivity (Wildman–Crippen MR) is 53.2 cm³/mol. The van der Waals surface area contributed by atoms with E-state index in [1.807, 2.05) is 0 Å². The number of likely N-dealkylation sites (tertiary alicyclic amines) is 1.